The summed E-state index contributed by atoms with van der Waals surface area (Å²) in [5, 5.41) is 3.45. The summed E-state index contributed by atoms with van der Waals surface area (Å²) in [6, 6.07) is 5.49. The molecule has 0 aromatic heterocycles. The number of ether oxygens (including phenoxy) is 1. The fourth-order valence-electron chi connectivity index (χ4n) is 2.35. The van der Waals surface area contributed by atoms with E-state index < -0.39 is 0 Å². The van der Waals surface area contributed by atoms with E-state index in [-0.39, 0.29) is 5.91 Å². The van der Waals surface area contributed by atoms with Crippen LogP contribution >= 0.6 is 11.6 Å². The number of quaternary nitrogens is 1. The topological polar surface area (TPSA) is 42.8 Å². The lowest BCUT2D eigenvalue weighted by atomic mass is 10.1. The summed E-state index contributed by atoms with van der Waals surface area (Å²) >= 11 is 6.08. The van der Waals surface area contributed by atoms with E-state index in [9.17, 15) is 4.79 Å². The molecule has 1 aromatic rings. The lowest BCUT2D eigenvalue weighted by Gasteiger charge is -2.23. The minimum absolute atomic E-state index is 0.0908. The molecule has 0 aliphatic carbocycles. The summed E-state index contributed by atoms with van der Waals surface area (Å²) < 4.78 is 5.32. The van der Waals surface area contributed by atoms with Crippen molar-refractivity contribution in [3.05, 3.63) is 34.3 Å². The summed E-state index contributed by atoms with van der Waals surface area (Å²) in [6.07, 6.45) is 0.977. The Morgan fingerprint density at radius 2 is 2.15 bits per heavy atom. The van der Waals surface area contributed by atoms with Crippen LogP contribution in [0.2, 0.25) is 5.02 Å². The maximum Gasteiger partial charge on any atom is 0.252 e. The summed E-state index contributed by atoms with van der Waals surface area (Å²) in [5.74, 6) is -0.0908. The molecule has 2 rings (SSSR count). The molecule has 1 saturated heterocycles. The Balaban J connectivity index is 1.72. The first kappa shape index (κ1) is 15.3. The van der Waals surface area contributed by atoms with Crippen LogP contribution in [0.1, 0.15) is 22.3 Å². The van der Waals surface area contributed by atoms with E-state index in [1.54, 1.807) is 11.0 Å². The summed E-state index contributed by atoms with van der Waals surface area (Å²) in [4.78, 5) is 13.6. The van der Waals surface area contributed by atoms with Gasteiger partial charge in [-0.1, -0.05) is 17.7 Å². The molecule has 0 bridgehead atoms. The Morgan fingerprint density at radius 1 is 1.40 bits per heavy atom. The zero-order valence-electron chi connectivity index (χ0n) is 11.9. The van der Waals surface area contributed by atoms with E-state index in [2.05, 4.69) is 5.32 Å². The van der Waals surface area contributed by atoms with Crippen LogP contribution in [-0.2, 0) is 4.74 Å². The molecule has 20 heavy (non-hydrogen) atoms. The minimum Gasteiger partial charge on any atom is -0.370 e. The lowest BCUT2D eigenvalue weighted by Crippen LogP contribution is -3.14. The molecule has 5 heteroatoms. The predicted octanol–water partition coefficient (Wildman–Crippen LogP) is 0.683. The molecular formula is C15H22ClN2O2+. The molecule has 1 heterocycles. The molecule has 1 aromatic carbocycles. The van der Waals surface area contributed by atoms with Gasteiger partial charge in [0.1, 0.15) is 13.1 Å². The van der Waals surface area contributed by atoms with Crippen LogP contribution < -0.4 is 10.2 Å². The quantitative estimate of drug-likeness (QED) is 0.785. The van der Waals surface area contributed by atoms with Crippen molar-refractivity contribution in [2.75, 3.05) is 39.4 Å². The van der Waals surface area contributed by atoms with Crippen molar-refractivity contribution in [2.24, 2.45) is 0 Å². The Labute approximate surface area is 125 Å². The Kier molecular flexibility index (Phi) is 5.83. The highest BCUT2D eigenvalue weighted by Crippen LogP contribution is 2.17. The van der Waals surface area contributed by atoms with Crippen LogP contribution in [0.3, 0.4) is 0 Å². The zero-order valence-corrected chi connectivity index (χ0v) is 12.6. The van der Waals surface area contributed by atoms with E-state index in [0.717, 1.165) is 44.8 Å². The first-order chi connectivity index (χ1) is 9.66. The first-order valence-corrected chi connectivity index (χ1v) is 7.50. The molecule has 4 nitrogen and oxygen atoms in total. The average Bonchev–Trinajstić information content (AvgIpc) is 2.44. The second-order valence-corrected chi connectivity index (χ2v) is 5.61. The highest BCUT2D eigenvalue weighted by Gasteiger charge is 2.13. The molecule has 0 saturated carbocycles. The highest BCUT2D eigenvalue weighted by atomic mass is 35.5. The van der Waals surface area contributed by atoms with Crippen molar-refractivity contribution in [1.82, 2.24) is 5.32 Å². The normalized spacial score (nSPS) is 16.1. The van der Waals surface area contributed by atoms with E-state index in [1.807, 2.05) is 19.1 Å². The van der Waals surface area contributed by atoms with Gasteiger partial charge in [0.15, 0.2) is 0 Å². The van der Waals surface area contributed by atoms with Crippen LogP contribution in [0.5, 0.6) is 0 Å². The van der Waals surface area contributed by atoms with Crippen molar-refractivity contribution in [3.8, 4) is 0 Å². The molecule has 0 unspecified atom stereocenters. The molecule has 0 atom stereocenters. The Hall–Kier alpha value is -1.10. The van der Waals surface area contributed by atoms with Gasteiger partial charge in [0.25, 0.3) is 5.91 Å². The van der Waals surface area contributed by atoms with Gasteiger partial charge in [-0.05, 0) is 24.6 Å². The van der Waals surface area contributed by atoms with Crippen LogP contribution in [0.4, 0.5) is 0 Å². The molecule has 0 radical (unpaired) electrons. The molecular weight excluding hydrogens is 276 g/mol. The molecule has 1 aliphatic rings. The summed E-state index contributed by atoms with van der Waals surface area (Å²) in [5.41, 5.74) is 1.61. The number of aryl methyl sites for hydroxylation is 1. The Morgan fingerprint density at radius 3 is 2.85 bits per heavy atom. The van der Waals surface area contributed by atoms with Gasteiger partial charge in [-0.15, -0.1) is 0 Å². The van der Waals surface area contributed by atoms with Gasteiger partial charge in [-0.3, -0.25) is 4.79 Å². The molecule has 2 N–H and O–H groups in total. The molecule has 1 amide bonds. The second-order valence-electron chi connectivity index (χ2n) is 5.21. The van der Waals surface area contributed by atoms with Gasteiger partial charge in [0.2, 0.25) is 0 Å². The third-order valence-corrected chi connectivity index (χ3v) is 3.87. The number of benzene rings is 1. The molecule has 0 spiro atoms. The standard InChI is InChI=1S/C15H21ClN2O2/c1-12-3-4-13(14(16)11-12)15(19)17-5-2-6-18-7-9-20-10-8-18/h3-4,11H,2,5-10H2,1H3,(H,17,19)/p+1. The molecule has 1 aliphatic heterocycles. The van der Waals surface area contributed by atoms with Crippen LogP contribution in [0.15, 0.2) is 18.2 Å². The summed E-state index contributed by atoms with van der Waals surface area (Å²) in [6.45, 7) is 7.55. The third kappa shape index (κ3) is 4.47. The van der Waals surface area contributed by atoms with Gasteiger partial charge in [0.05, 0.1) is 30.3 Å². The number of rotatable bonds is 5. The van der Waals surface area contributed by atoms with Gasteiger partial charge < -0.3 is 15.0 Å². The zero-order chi connectivity index (χ0) is 14.4. The molecule has 110 valence electrons. The number of hydrogen-bond acceptors (Lipinski definition) is 2. The maximum absolute atomic E-state index is 12.0. The van der Waals surface area contributed by atoms with Crippen molar-refractivity contribution < 1.29 is 14.4 Å². The van der Waals surface area contributed by atoms with Gasteiger partial charge in [-0.25, -0.2) is 0 Å². The number of carbonyl (C=O) groups excluding carboxylic acids is 1. The fourth-order valence-corrected chi connectivity index (χ4v) is 2.67. The number of hydrogen-bond donors (Lipinski definition) is 2. The number of nitrogens with one attached hydrogen (secondary N) is 2. The molecule has 1 fully saturated rings. The highest BCUT2D eigenvalue weighted by molar-refractivity contribution is 6.33. The van der Waals surface area contributed by atoms with Crippen LogP contribution in [-0.4, -0.2) is 45.3 Å². The predicted molar refractivity (Wildman–Crippen MR) is 79.5 cm³/mol. The fraction of sp³-hybridized carbons (Fsp3) is 0.533. The van der Waals surface area contributed by atoms with Crippen molar-refractivity contribution in [2.45, 2.75) is 13.3 Å². The van der Waals surface area contributed by atoms with Gasteiger partial charge in [-0.2, -0.15) is 0 Å². The maximum atomic E-state index is 12.0. The lowest BCUT2D eigenvalue weighted by molar-refractivity contribution is -0.908. The van der Waals surface area contributed by atoms with Crippen molar-refractivity contribution >= 4 is 17.5 Å². The van der Waals surface area contributed by atoms with Crippen LogP contribution in [0.25, 0.3) is 0 Å². The van der Waals surface area contributed by atoms with Crippen molar-refractivity contribution in [3.63, 3.8) is 0 Å². The second kappa shape index (κ2) is 7.62. The van der Waals surface area contributed by atoms with Crippen molar-refractivity contribution in [1.29, 1.82) is 0 Å². The monoisotopic (exact) mass is 297 g/mol. The van der Waals surface area contributed by atoms with Gasteiger partial charge >= 0.3 is 0 Å². The van der Waals surface area contributed by atoms with E-state index in [4.69, 9.17) is 16.3 Å². The smallest absolute Gasteiger partial charge is 0.252 e. The minimum atomic E-state index is -0.0908. The summed E-state index contributed by atoms with van der Waals surface area (Å²) in [7, 11) is 0. The van der Waals surface area contributed by atoms with Gasteiger partial charge in [0, 0.05) is 13.0 Å². The average molecular weight is 298 g/mol. The van der Waals surface area contributed by atoms with E-state index in [1.165, 1.54) is 0 Å². The first-order valence-electron chi connectivity index (χ1n) is 7.12. The number of carbonyl (C=O) groups is 1. The van der Waals surface area contributed by atoms with E-state index >= 15 is 0 Å². The number of halogens is 1. The Bertz CT molecular complexity index is 459. The SMILES string of the molecule is Cc1ccc(C(=O)NCCC[NH+]2CCOCC2)c(Cl)c1. The number of amides is 1. The third-order valence-electron chi connectivity index (χ3n) is 3.56. The number of morpholine rings is 1. The largest absolute Gasteiger partial charge is 0.370 e. The van der Waals surface area contributed by atoms with E-state index in [0.29, 0.717) is 17.1 Å². The van der Waals surface area contributed by atoms with Crippen LogP contribution in [0, 0.1) is 6.92 Å².